The summed E-state index contributed by atoms with van der Waals surface area (Å²) in [5, 5.41) is 5.43. The lowest BCUT2D eigenvalue weighted by molar-refractivity contribution is -0.125. The quantitative estimate of drug-likeness (QED) is 0.784. The van der Waals surface area contributed by atoms with Gasteiger partial charge in [-0.25, -0.2) is 0 Å². The van der Waals surface area contributed by atoms with Crippen LogP contribution in [0.25, 0.3) is 10.8 Å². The molecule has 2 aromatic carbocycles. The van der Waals surface area contributed by atoms with Gasteiger partial charge in [0.15, 0.2) is 0 Å². The van der Waals surface area contributed by atoms with Gasteiger partial charge in [-0.1, -0.05) is 63.2 Å². The van der Waals surface area contributed by atoms with Gasteiger partial charge in [-0.05, 0) is 29.2 Å². The number of fused-ring (bicyclic) bond motifs is 1. The van der Waals surface area contributed by atoms with Crippen molar-refractivity contribution < 1.29 is 9.35 Å². The Hall–Kier alpha value is -1.89. The first-order valence-corrected chi connectivity index (χ1v) is 11.6. The van der Waals surface area contributed by atoms with Crippen molar-refractivity contribution in [2.24, 2.45) is 10.4 Å². The van der Waals surface area contributed by atoms with Gasteiger partial charge in [-0.3, -0.25) is 9.79 Å². The molecular weight excluding hydrogens is 382 g/mol. The molecule has 0 radical (unpaired) electrons. The van der Waals surface area contributed by atoms with Crippen LogP contribution in [-0.2, 0) is 22.6 Å². The number of aliphatic imine (C=N–C) groups is 1. The first-order chi connectivity index (χ1) is 13.8. The zero-order chi connectivity index (χ0) is 20.6. The van der Waals surface area contributed by atoms with Crippen molar-refractivity contribution in [2.75, 3.05) is 18.8 Å². The lowest BCUT2D eigenvalue weighted by Gasteiger charge is -2.35. The number of rotatable bonds is 4. The molecule has 1 unspecified atom stereocenters. The van der Waals surface area contributed by atoms with Gasteiger partial charge in [0, 0.05) is 36.3 Å². The van der Waals surface area contributed by atoms with Crippen LogP contribution >= 0.6 is 0 Å². The molecule has 0 bridgehead atoms. The van der Waals surface area contributed by atoms with Gasteiger partial charge in [-0.2, -0.15) is 0 Å². The Morgan fingerprint density at radius 3 is 2.52 bits per heavy atom. The van der Waals surface area contributed by atoms with E-state index in [1.807, 2.05) is 16.4 Å². The Morgan fingerprint density at radius 2 is 1.83 bits per heavy atom. The van der Waals surface area contributed by atoms with Crippen LogP contribution in [0.3, 0.4) is 0 Å². The third-order valence-corrected chi connectivity index (χ3v) is 7.45. The zero-order valence-corrected chi connectivity index (χ0v) is 18.2. The fourth-order valence-corrected chi connectivity index (χ4v) is 5.35. The van der Waals surface area contributed by atoms with Crippen LogP contribution in [-0.4, -0.2) is 45.0 Å². The molecule has 154 valence electrons. The number of aryl methyl sites for hydroxylation is 1. The number of amides is 1. The zero-order valence-electron chi connectivity index (χ0n) is 17.4. The van der Waals surface area contributed by atoms with Crippen LogP contribution in [0.15, 0.2) is 47.5 Å². The van der Waals surface area contributed by atoms with Crippen molar-refractivity contribution in [2.45, 2.75) is 45.6 Å². The molecule has 0 aromatic heterocycles. The van der Waals surface area contributed by atoms with Gasteiger partial charge in [-0.15, -0.1) is 4.31 Å². The number of nitrogens with zero attached hydrogens (tertiary/aromatic N) is 2. The monoisotopic (exact) mass is 411 g/mol. The van der Waals surface area contributed by atoms with E-state index in [4.69, 9.17) is 4.99 Å². The van der Waals surface area contributed by atoms with E-state index in [2.05, 4.69) is 56.4 Å². The SMILES string of the molecule is CC(C)(C)C1=NC2(CCN([S+]([O-])CCc3cccc4ccccc34)CC2)C(=O)N1. The van der Waals surface area contributed by atoms with Crippen molar-refractivity contribution in [1.82, 2.24) is 9.62 Å². The topological polar surface area (TPSA) is 67.8 Å². The number of benzene rings is 2. The maximum absolute atomic E-state index is 12.9. The number of hydrogen-bond acceptors (Lipinski definition) is 4. The first-order valence-electron chi connectivity index (χ1n) is 10.3. The molecule has 4 rings (SSSR count). The van der Waals surface area contributed by atoms with E-state index >= 15 is 0 Å². The summed E-state index contributed by atoms with van der Waals surface area (Å²) in [6.07, 6.45) is 2.03. The lowest BCUT2D eigenvalue weighted by Crippen LogP contribution is -2.51. The second-order valence-corrected chi connectivity index (χ2v) is 10.6. The molecule has 6 heteroatoms. The number of carbonyl (C=O) groups is 1. The van der Waals surface area contributed by atoms with Crippen LogP contribution in [0.5, 0.6) is 0 Å². The predicted molar refractivity (Wildman–Crippen MR) is 119 cm³/mol. The highest BCUT2D eigenvalue weighted by molar-refractivity contribution is 7.89. The Morgan fingerprint density at radius 1 is 1.14 bits per heavy atom. The minimum atomic E-state index is -1.05. The second-order valence-electron chi connectivity index (χ2n) is 9.04. The third-order valence-electron chi connectivity index (χ3n) is 5.95. The lowest BCUT2D eigenvalue weighted by atomic mass is 9.89. The predicted octanol–water partition coefficient (Wildman–Crippen LogP) is 3.46. The van der Waals surface area contributed by atoms with Crippen LogP contribution in [0, 0.1) is 5.41 Å². The number of piperidine rings is 1. The van der Waals surface area contributed by atoms with E-state index < -0.39 is 16.9 Å². The summed E-state index contributed by atoms with van der Waals surface area (Å²) < 4.78 is 14.9. The van der Waals surface area contributed by atoms with Crippen LogP contribution in [0.1, 0.15) is 39.2 Å². The molecule has 2 aromatic rings. The molecule has 2 aliphatic heterocycles. The minimum Gasteiger partial charge on any atom is -0.598 e. The van der Waals surface area contributed by atoms with Crippen LogP contribution < -0.4 is 5.32 Å². The first kappa shape index (κ1) is 20.4. The Bertz CT molecular complexity index is 937. The molecule has 2 heterocycles. The summed E-state index contributed by atoms with van der Waals surface area (Å²) in [4.78, 5) is 17.4. The van der Waals surface area contributed by atoms with Crippen molar-refractivity contribution in [1.29, 1.82) is 0 Å². The average molecular weight is 412 g/mol. The van der Waals surface area contributed by atoms with E-state index in [1.165, 1.54) is 16.3 Å². The number of carbonyl (C=O) groups excluding carboxylic acids is 1. The summed E-state index contributed by atoms with van der Waals surface area (Å²) in [5.74, 6) is 1.38. The van der Waals surface area contributed by atoms with Gasteiger partial charge in [0.05, 0.1) is 0 Å². The fraction of sp³-hybridized carbons (Fsp3) is 0.478. The van der Waals surface area contributed by atoms with E-state index in [1.54, 1.807) is 0 Å². The van der Waals surface area contributed by atoms with Crippen molar-refractivity contribution in [3.8, 4) is 0 Å². The highest BCUT2D eigenvalue weighted by Crippen LogP contribution is 2.34. The summed E-state index contributed by atoms with van der Waals surface area (Å²) in [7, 11) is 0. The second kappa shape index (κ2) is 7.74. The molecule has 1 saturated heterocycles. The van der Waals surface area contributed by atoms with E-state index in [-0.39, 0.29) is 11.3 Å². The van der Waals surface area contributed by atoms with E-state index in [9.17, 15) is 9.35 Å². The maximum atomic E-state index is 12.9. The van der Waals surface area contributed by atoms with Crippen molar-refractivity contribution in [3.63, 3.8) is 0 Å². The molecule has 1 amide bonds. The molecule has 29 heavy (non-hydrogen) atoms. The molecule has 1 atom stereocenters. The third kappa shape index (κ3) is 4.06. The molecular formula is C23H29N3O2S. The summed E-state index contributed by atoms with van der Waals surface area (Å²) in [6, 6.07) is 14.6. The standard InChI is InChI=1S/C23H29N3O2S/c1-22(2,3)20-24-21(27)23(25-20)12-14-26(15-13-23)29(28)16-11-18-9-6-8-17-7-4-5-10-19(17)18/h4-10H,11-16H2,1-3H3,(H,24,25,27). The molecule has 0 aliphatic carbocycles. The Kier molecular flexibility index (Phi) is 5.44. The van der Waals surface area contributed by atoms with Crippen molar-refractivity contribution >= 4 is 33.9 Å². The molecule has 5 nitrogen and oxygen atoms in total. The average Bonchev–Trinajstić information content (AvgIpc) is 3.03. The maximum Gasteiger partial charge on any atom is 0.253 e. The van der Waals surface area contributed by atoms with Crippen LogP contribution in [0.2, 0.25) is 0 Å². The van der Waals surface area contributed by atoms with Crippen molar-refractivity contribution in [3.05, 3.63) is 48.0 Å². The molecule has 0 saturated carbocycles. The smallest absolute Gasteiger partial charge is 0.253 e. The van der Waals surface area contributed by atoms with E-state index in [0.717, 1.165) is 12.3 Å². The Labute approximate surface area is 175 Å². The number of nitrogens with one attached hydrogen (secondary N) is 1. The summed E-state index contributed by atoms with van der Waals surface area (Å²) >= 11 is -1.05. The highest BCUT2D eigenvalue weighted by atomic mass is 32.2. The van der Waals surface area contributed by atoms with Gasteiger partial charge in [0.25, 0.3) is 5.91 Å². The summed E-state index contributed by atoms with van der Waals surface area (Å²) in [6.45, 7) is 7.45. The van der Waals surface area contributed by atoms with Gasteiger partial charge in [0.2, 0.25) is 0 Å². The van der Waals surface area contributed by atoms with Gasteiger partial charge < -0.3 is 9.87 Å². The normalized spacial score (nSPS) is 20.7. The highest BCUT2D eigenvalue weighted by Gasteiger charge is 2.48. The molecule has 1 fully saturated rings. The minimum absolute atomic E-state index is 0.00335. The largest absolute Gasteiger partial charge is 0.598 e. The van der Waals surface area contributed by atoms with Gasteiger partial charge >= 0.3 is 0 Å². The van der Waals surface area contributed by atoms with E-state index in [0.29, 0.717) is 31.7 Å². The summed E-state index contributed by atoms with van der Waals surface area (Å²) in [5.41, 5.74) is 0.399. The van der Waals surface area contributed by atoms with Crippen LogP contribution in [0.4, 0.5) is 0 Å². The fourth-order valence-electron chi connectivity index (χ4n) is 4.11. The molecule has 2 aliphatic rings. The van der Waals surface area contributed by atoms with Gasteiger partial charge in [0.1, 0.15) is 17.1 Å². The number of hydrogen-bond donors (Lipinski definition) is 1. The Balaban J connectivity index is 1.38. The number of amidine groups is 1. The molecule has 1 spiro atoms. The molecule has 1 N–H and O–H groups in total.